The van der Waals surface area contributed by atoms with Crippen molar-refractivity contribution in [2.24, 2.45) is 0 Å². The summed E-state index contributed by atoms with van der Waals surface area (Å²) in [6, 6.07) is 12.3. The van der Waals surface area contributed by atoms with Gasteiger partial charge in [-0.05, 0) is 64.1 Å². The van der Waals surface area contributed by atoms with Gasteiger partial charge in [0.05, 0.1) is 24.2 Å². The number of anilines is 2. The number of amides is 2. The summed E-state index contributed by atoms with van der Waals surface area (Å²) in [5.41, 5.74) is 5.01. The summed E-state index contributed by atoms with van der Waals surface area (Å²) in [7, 11) is 1.73. The van der Waals surface area contributed by atoms with Crippen molar-refractivity contribution in [3.8, 4) is 6.07 Å². The van der Waals surface area contributed by atoms with Crippen LogP contribution in [-0.2, 0) is 9.59 Å². The van der Waals surface area contributed by atoms with Crippen LogP contribution in [0.3, 0.4) is 0 Å². The van der Waals surface area contributed by atoms with Gasteiger partial charge in [0, 0.05) is 11.4 Å². The van der Waals surface area contributed by atoms with Crippen LogP contribution in [0.25, 0.3) is 0 Å². The summed E-state index contributed by atoms with van der Waals surface area (Å²) in [6.07, 6.45) is 0. The van der Waals surface area contributed by atoms with E-state index in [9.17, 15) is 9.59 Å². The van der Waals surface area contributed by atoms with Gasteiger partial charge in [-0.3, -0.25) is 14.5 Å². The van der Waals surface area contributed by atoms with Crippen molar-refractivity contribution in [2.75, 3.05) is 24.2 Å². The summed E-state index contributed by atoms with van der Waals surface area (Å²) < 4.78 is 0. The Morgan fingerprint density at radius 2 is 1.75 bits per heavy atom. The first kappa shape index (κ1) is 21.1. The van der Waals surface area contributed by atoms with E-state index < -0.39 is 6.04 Å². The van der Waals surface area contributed by atoms with Crippen molar-refractivity contribution in [1.29, 1.82) is 5.26 Å². The number of carbonyl (C=O) groups excluding carboxylic acids is 2. The first-order chi connectivity index (χ1) is 13.2. The summed E-state index contributed by atoms with van der Waals surface area (Å²) in [5, 5.41) is 14.7. The van der Waals surface area contributed by atoms with E-state index in [0.717, 1.165) is 22.4 Å². The molecular formula is C22H26N4O2. The molecule has 0 heterocycles. The molecule has 0 saturated carbocycles. The fraction of sp³-hybridized carbons (Fsp3) is 0.318. The average Bonchev–Trinajstić information content (AvgIpc) is 2.64. The number of nitrogens with zero attached hydrogens (tertiary/aromatic N) is 2. The molecule has 0 aliphatic rings. The molecule has 0 spiro atoms. The maximum absolute atomic E-state index is 12.5. The molecule has 0 aliphatic carbocycles. The van der Waals surface area contributed by atoms with Gasteiger partial charge >= 0.3 is 0 Å². The third-order valence-electron chi connectivity index (χ3n) is 4.63. The number of carbonyl (C=O) groups is 2. The lowest BCUT2D eigenvalue weighted by atomic mass is 10.1. The molecule has 0 fully saturated rings. The van der Waals surface area contributed by atoms with Crippen LogP contribution in [0, 0.1) is 32.1 Å². The zero-order valence-electron chi connectivity index (χ0n) is 17.0. The third kappa shape index (κ3) is 5.41. The maximum atomic E-state index is 12.5. The molecule has 0 aliphatic heterocycles. The van der Waals surface area contributed by atoms with Crippen LogP contribution in [-0.4, -0.2) is 36.3 Å². The number of rotatable bonds is 6. The molecule has 6 heteroatoms. The highest BCUT2D eigenvalue weighted by Gasteiger charge is 2.21. The number of hydrogen-bond acceptors (Lipinski definition) is 4. The van der Waals surface area contributed by atoms with Gasteiger partial charge < -0.3 is 10.6 Å². The van der Waals surface area contributed by atoms with Crippen LogP contribution in [0.15, 0.2) is 36.4 Å². The van der Waals surface area contributed by atoms with E-state index in [0.29, 0.717) is 11.3 Å². The fourth-order valence-corrected chi connectivity index (χ4v) is 3.03. The minimum atomic E-state index is -0.517. The van der Waals surface area contributed by atoms with E-state index in [4.69, 9.17) is 5.26 Å². The standard InChI is InChI=1S/C22H26N4O2/c1-14-9-15(2)21(16(3)10-14)25-20(27)13-26(5)17(4)22(28)24-19-8-6-7-18(11-19)12-23/h6-11,17H,13H2,1-5H3,(H,24,28)(H,25,27)/t17-/m0/s1. The van der Waals surface area contributed by atoms with Gasteiger partial charge in [-0.15, -0.1) is 0 Å². The van der Waals surface area contributed by atoms with Crippen LogP contribution < -0.4 is 10.6 Å². The van der Waals surface area contributed by atoms with Gasteiger partial charge in [-0.1, -0.05) is 23.8 Å². The summed E-state index contributed by atoms with van der Waals surface area (Å²) in [4.78, 5) is 26.6. The van der Waals surface area contributed by atoms with Gasteiger partial charge in [0.1, 0.15) is 0 Å². The summed E-state index contributed by atoms with van der Waals surface area (Å²) >= 11 is 0. The largest absolute Gasteiger partial charge is 0.325 e. The van der Waals surface area contributed by atoms with E-state index in [1.165, 1.54) is 0 Å². The molecule has 2 aromatic carbocycles. The van der Waals surface area contributed by atoms with E-state index in [1.54, 1.807) is 43.1 Å². The molecule has 0 unspecified atom stereocenters. The molecule has 28 heavy (non-hydrogen) atoms. The number of nitrogens with one attached hydrogen (secondary N) is 2. The van der Waals surface area contributed by atoms with Crippen LogP contribution in [0.5, 0.6) is 0 Å². The number of likely N-dealkylation sites (N-methyl/N-ethyl adjacent to an activating group) is 1. The smallest absolute Gasteiger partial charge is 0.241 e. The Bertz CT molecular complexity index is 907. The van der Waals surface area contributed by atoms with Crippen molar-refractivity contribution in [1.82, 2.24) is 4.90 Å². The van der Waals surface area contributed by atoms with Crippen molar-refractivity contribution in [2.45, 2.75) is 33.7 Å². The highest BCUT2D eigenvalue weighted by molar-refractivity contribution is 5.96. The van der Waals surface area contributed by atoms with Crippen LogP contribution in [0.4, 0.5) is 11.4 Å². The molecule has 0 bridgehead atoms. The van der Waals surface area contributed by atoms with Crippen LogP contribution >= 0.6 is 0 Å². The fourth-order valence-electron chi connectivity index (χ4n) is 3.03. The Morgan fingerprint density at radius 3 is 2.36 bits per heavy atom. The second-order valence-electron chi connectivity index (χ2n) is 7.09. The zero-order valence-corrected chi connectivity index (χ0v) is 17.0. The highest BCUT2D eigenvalue weighted by Crippen LogP contribution is 2.22. The van der Waals surface area contributed by atoms with Crippen molar-refractivity contribution in [3.63, 3.8) is 0 Å². The molecule has 2 N–H and O–H groups in total. The Kier molecular flexibility index (Phi) is 6.91. The topological polar surface area (TPSA) is 85.2 Å². The van der Waals surface area contributed by atoms with E-state index in [1.807, 2.05) is 39.0 Å². The highest BCUT2D eigenvalue weighted by atomic mass is 16.2. The van der Waals surface area contributed by atoms with E-state index in [-0.39, 0.29) is 18.4 Å². The third-order valence-corrected chi connectivity index (χ3v) is 4.63. The molecule has 2 amide bonds. The molecule has 146 valence electrons. The summed E-state index contributed by atoms with van der Waals surface area (Å²) in [6.45, 7) is 7.76. The normalized spacial score (nSPS) is 11.6. The van der Waals surface area contributed by atoms with Crippen molar-refractivity contribution in [3.05, 3.63) is 58.7 Å². The molecule has 0 aromatic heterocycles. The molecule has 2 aromatic rings. The van der Waals surface area contributed by atoms with Gasteiger partial charge in [0.15, 0.2) is 0 Å². The molecule has 0 radical (unpaired) electrons. The minimum Gasteiger partial charge on any atom is -0.325 e. The monoisotopic (exact) mass is 378 g/mol. The van der Waals surface area contributed by atoms with Crippen LogP contribution in [0.2, 0.25) is 0 Å². The number of benzene rings is 2. The van der Waals surface area contributed by atoms with Gasteiger partial charge in [0.25, 0.3) is 0 Å². The Morgan fingerprint density at radius 1 is 1.11 bits per heavy atom. The van der Waals surface area contributed by atoms with Crippen molar-refractivity contribution < 1.29 is 9.59 Å². The second-order valence-corrected chi connectivity index (χ2v) is 7.09. The second kappa shape index (κ2) is 9.16. The van der Waals surface area contributed by atoms with Gasteiger partial charge in [0.2, 0.25) is 11.8 Å². The Balaban J connectivity index is 1.97. The predicted molar refractivity (Wildman–Crippen MR) is 111 cm³/mol. The van der Waals surface area contributed by atoms with Crippen LogP contribution in [0.1, 0.15) is 29.2 Å². The number of aryl methyl sites for hydroxylation is 3. The molecular weight excluding hydrogens is 352 g/mol. The molecule has 6 nitrogen and oxygen atoms in total. The SMILES string of the molecule is Cc1cc(C)c(NC(=O)CN(C)[C@@H](C)C(=O)Nc2cccc(C#N)c2)c(C)c1. The van der Waals surface area contributed by atoms with Gasteiger partial charge in [-0.25, -0.2) is 0 Å². The van der Waals surface area contributed by atoms with E-state index in [2.05, 4.69) is 10.6 Å². The Hall–Kier alpha value is -3.17. The number of hydrogen-bond donors (Lipinski definition) is 2. The summed E-state index contributed by atoms with van der Waals surface area (Å²) in [5.74, 6) is -0.420. The first-order valence-electron chi connectivity index (χ1n) is 9.10. The van der Waals surface area contributed by atoms with Crippen molar-refractivity contribution >= 4 is 23.2 Å². The lowest BCUT2D eigenvalue weighted by Crippen LogP contribution is -2.43. The van der Waals surface area contributed by atoms with Gasteiger partial charge in [-0.2, -0.15) is 5.26 Å². The lowest BCUT2D eigenvalue weighted by Gasteiger charge is -2.24. The predicted octanol–water partition coefficient (Wildman–Crippen LogP) is 3.38. The number of nitriles is 1. The van der Waals surface area contributed by atoms with E-state index >= 15 is 0 Å². The molecule has 1 atom stereocenters. The zero-order chi connectivity index (χ0) is 20.8. The molecule has 2 rings (SSSR count). The lowest BCUT2D eigenvalue weighted by molar-refractivity contribution is -0.122. The Labute approximate surface area is 166 Å². The molecule has 0 saturated heterocycles. The average molecular weight is 378 g/mol. The quantitative estimate of drug-likeness (QED) is 0.807. The minimum absolute atomic E-state index is 0.0829. The first-order valence-corrected chi connectivity index (χ1v) is 9.10. The maximum Gasteiger partial charge on any atom is 0.241 e.